The highest BCUT2D eigenvalue weighted by Gasteiger charge is 2.13. The van der Waals surface area contributed by atoms with Crippen molar-refractivity contribution in [3.63, 3.8) is 0 Å². The van der Waals surface area contributed by atoms with Crippen LogP contribution in [0.1, 0.15) is 25.1 Å². The lowest BCUT2D eigenvalue weighted by atomic mass is 10.1. The van der Waals surface area contributed by atoms with Crippen molar-refractivity contribution in [3.8, 4) is 0 Å². The van der Waals surface area contributed by atoms with Crippen LogP contribution in [0.2, 0.25) is 0 Å². The Hall–Kier alpha value is -2.82. The van der Waals surface area contributed by atoms with E-state index in [0.717, 1.165) is 35.4 Å². The number of nitrogens with zero attached hydrogens (tertiary/aromatic N) is 2. The van der Waals surface area contributed by atoms with E-state index in [1.165, 1.54) is 0 Å². The first-order valence-corrected chi connectivity index (χ1v) is 8.60. The van der Waals surface area contributed by atoms with Crippen LogP contribution < -0.4 is 10.2 Å². The molecule has 0 aliphatic rings. The van der Waals surface area contributed by atoms with E-state index in [0.29, 0.717) is 11.3 Å². The smallest absolute Gasteiger partial charge is 0.230 e. The van der Waals surface area contributed by atoms with Gasteiger partial charge < -0.3 is 14.7 Å². The number of carbonyl (C=O) groups excluding carboxylic acids is 1. The molecular weight excluding hydrogens is 314 g/mol. The van der Waals surface area contributed by atoms with Crippen molar-refractivity contribution in [3.05, 3.63) is 53.7 Å². The Kier molecular flexibility index (Phi) is 5.03. The monoisotopic (exact) mass is 337 g/mol. The van der Waals surface area contributed by atoms with E-state index < -0.39 is 0 Å². The molecule has 3 rings (SSSR count). The molecule has 0 fully saturated rings. The Morgan fingerprint density at radius 2 is 1.84 bits per heavy atom. The highest BCUT2D eigenvalue weighted by Crippen LogP contribution is 2.21. The second-order valence-electron chi connectivity index (χ2n) is 6.07. The average Bonchev–Trinajstić information content (AvgIpc) is 2.99. The lowest BCUT2D eigenvalue weighted by Crippen LogP contribution is -2.21. The first-order chi connectivity index (χ1) is 12.1. The molecule has 130 valence electrons. The number of carbonyl (C=O) groups is 1. The van der Waals surface area contributed by atoms with E-state index in [2.05, 4.69) is 29.2 Å². The predicted molar refractivity (Wildman–Crippen MR) is 101 cm³/mol. The van der Waals surface area contributed by atoms with Gasteiger partial charge in [0, 0.05) is 29.9 Å². The molecule has 0 spiro atoms. The number of aromatic nitrogens is 1. The van der Waals surface area contributed by atoms with Crippen LogP contribution in [0.25, 0.3) is 11.0 Å². The SMILES string of the molecule is CCN(CC)c1ccc(NC(=O)Cc2noc3ccc(C)cc23)cc1. The molecule has 0 saturated heterocycles. The summed E-state index contributed by atoms with van der Waals surface area (Å²) in [5, 5.41) is 7.85. The number of hydrogen-bond acceptors (Lipinski definition) is 4. The largest absolute Gasteiger partial charge is 0.372 e. The number of aryl methyl sites for hydroxylation is 1. The molecule has 0 radical (unpaired) electrons. The Bertz CT molecular complexity index is 864. The summed E-state index contributed by atoms with van der Waals surface area (Å²) in [6.45, 7) is 8.18. The van der Waals surface area contributed by atoms with Gasteiger partial charge in [0.25, 0.3) is 0 Å². The third-order valence-electron chi connectivity index (χ3n) is 4.31. The van der Waals surface area contributed by atoms with Crippen LogP contribution in [-0.4, -0.2) is 24.2 Å². The van der Waals surface area contributed by atoms with Crippen molar-refractivity contribution in [1.82, 2.24) is 5.16 Å². The van der Waals surface area contributed by atoms with Crippen molar-refractivity contribution < 1.29 is 9.32 Å². The number of anilines is 2. The number of benzene rings is 2. The molecule has 5 nitrogen and oxygen atoms in total. The lowest BCUT2D eigenvalue weighted by Gasteiger charge is -2.21. The fourth-order valence-electron chi connectivity index (χ4n) is 2.93. The normalized spacial score (nSPS) is 10.8. The molecule has 0 aliphatic heterocycles. The van der Waals surface area contributed by atoms with Gasteiger partial charge in [-0.2, -0.15) is 0 Å². The third kappa shape index (κ3) is 3.82. The summed E-state index contributed by atoms with van der Waals surface area (Å²) in [6.07, 6.45) is 0.189. The van der Waals surface area contributed by atoms with Crippen LogP contribution in [0, 0.1) is 6.92 Å². The molecule has 2 aromatic carbocycles. The molecule has 5 heteroatoms. The quantitative estimate of drug-likeness (QED) is 0.733. The summed E-state index contributed by atoms with van der Waals surface area (Å²) < 4.78 is 5.29. The van der Waals surface area contributed by atoms with Gasteiger partial charge in [0.05, 0.1) is 6.42 Å². The fraction of sp³-hybridized carbons (Fsp3) is 0.300. The summed E-state index contributed by atoms with van der Waals surface area (Å²) >= 11 is 0. The zero-order valence-electron chi connectivity index (χ0n) is 14.9. The van der Waals surface area contributed by atoms with Crippen molar-refractivity contribution >= 4 is 28.3 Å². The molecule has 3 aromatic rings. The zero-order chi connectivity index (χ0) is 17.8. The molecule has 0 saturated carbocycles. The van der Waals surface area contributed by atoms with Gasteiger partial charge in [-0.15, -0.1) is 0 Å². The van der Waals surface area contributed by atoms with Crippen molar-refractivity contribution in [2.24, 2.45) is 0 Å². The minimum atomic E-state index is -0.104. The van der Waals surface area contributed by atoms with E-state index >= 15 is 0 Å². The average molecular weight is 337 g/mol. The van der Waals surface area contributed by atoms with Gasteiger partial charge in [-0.25, -0.2) is 0 Å². The Morgan fingerprint density at radius 3 is 2.52 bits per heavy atom. The lowest BCUT2D eigenvalue weighted by molar-refractivity contribution is -0.115. The number of nitrogens with one attached hydrogen (secondary N) is 1. The summed E-state index contributed by atoms with van der Waals surface area (Å²) in [5.74, 6) is -0.104. The first-order valence-electron chi connectivity index (χ1n) is 8.60. The highest BCUT2D eigenvalue weighted by molar-refractivity contribution is 5.94. The van der Waals surface area contributed by atoms with Gasteiger partial charge in [-0.05, 0) is 57.2 Å². The van der Waals surface area contributed by atoms with Gasteiger partial charge in [0.1, 0.15) is 5.69 Å². The van der Waals surface area contributed by atoms with E-state index in [1.54, 1.807) is 0 Å². The minimum Gasteiger partial charge on any atom is -0.372 e. The number of fused-ring (bicyclic) bond motifs is 1. The molecule has 25 heavy (non-hydrogen) atoms. The van der Waals surface area contributed by atoms with E-state index in [4.69, 9.17) is 4.52 Å². The molecular formula is C20H23N3O2. The fourth-order valence-corrected chi connectivity index (χ4v) is 2.93. The van der Waals surface area contributed by atoms with Crippen LogP contribution in [-0.2, 0) is 11.2 Å². The minimum absolute atomic E-state index is 0.104. The maximum atomic E-state index is 12.3. The molecule has 1 amide bonds. The maximum Gasteiger partial charge on any atom is 0.230 e. The van der Waals surface area contributed by atoms with Crippen molar-refractivity contribution in [2.45, 2.75) is 27.2 Å². The van der Waals surface area contributed by atoms with Gasteiger partial charge in [0.2, 0.25) is 5.91 Å². The molecule has 0 atom stereocenters. The predicted octanol–water partition coefficient (Wildman–Crippen LogP) is 4.16. The number of amides is 1. The summed E-state index contributed by atoms with van der Waals surface area (Å²) in [6, 6.07) is 13.7. The second-order valence-corrected chi connectivity index (χ2v) is 6.07. The van der Waals surface area contributed by atoms with Crippen LogP contribution in [0.3, 0.4) is 0 Å². The third-order valence-corrected chi connectivity index (χ3v) is 4.31. The summed E-state index contributed by atoms with van der Waals surface area (Å²) in [7, 11) is 0. The molecule has 0 unspecified atom stereocenters. The Labute approximate surface area is 147 Å². The summed E-state index contributed by atoms with van der Waals surface area (Å²) in [4.78, 5) is 14.6. The van der Waals surface area contributed by atoms with Crippen LogP contribution in [0.15, 0.2) is 47.0 Å². The highest BCUT2D eigenvalue weighted by atomic mass is 16.5. The van der Waals surface area contributed by atoms with Crippen molar-refractivity contribution in [1.29, 1.82) is 0 Å². The zero-order valence-corrected chi connectivity index (χ0v) is 14.9. The van der Waals surface area contributed by atoms with E-state index in [1.807, 2.05) is 49.4 Å². The van der Waals surface area contributed by atoms with Gasteiger partial charge in [-0.1, -0.05) is 16.8 Å². The van der Waals surface area contributed by atoms with Crippen molar-refractivity contribution in [2.75, 3.05) is 23.3 Å². The van der Waals surface area contributed by atoms with Crippen LogP contribution in [0.4, 0.5) is 11.4 Å². The molecule has 0 aliphatic carbocycles. The first kappa shape index (κ1) is 17.0. The van der Waals surface area contributed by atoms with Crippen LogP contribution in [0.5, 0.6) is 0 Å². The maximum absolute atomic E-state index is 12.3. The molecule has 1 heterocycles. The topological polar surface area (TPSA) is 58.4 Å². The summed E-state index contributed by atoms with van der Waals surface area (Å²) in [5.41, 5.74) is 4.42. The van der Waals surface area contributed by atoms with Gasteiger partial charge >= 0.3 is 0 Å². The van der Waals surface area contributed by atoms with Gasteiger partial charge in [0.15, 0.2) is 5.58 Å². The number of hydrogen-bond donors (Lipinski definition) is 1. The van der Waals surface area contributed by atoms with E-state index in [9.17, 15) is 4.79 Å². The van der Waals surface area contributed by atoms with Crippen LogP contribution >= 0.6 is 0 Å². The molecule has 1 aromatic heterocycles. The standard InChI is InChI=1S/C20H23N3O2/c1-4-23(5-2)16-9-7-15(8-10-16)21-20(24)13-18-17-12-14(3)6-11-19(17)25-22-18/h6-12H,4-5,13H2,1-3H3,(H,21,24). The number of rotatable bonds is 6. The van der Waals surface area contributed by atoms with Gasteiger partial charge in [-0.3, -0.25) is 4.79 Å². The van der Waals surface area contributed by atoms with E-state index in [-0.39, 0.29) is 12.3 Å². The molecule has 1 N–H and O–H groups in total. The molecule has 0 bridgehead atoms. The second kappa shape index (κ2) is 7.38. The Balaban J connectivity index is 1.68. The Morgan fingerprint density at radius 1 is 1.12 bits per heavy atom.